The summed E-state index contributed by atoms with van der Waals surface area (Å²) in [4.78, 5) is 28.9. The van der Waals surface area contributed by atoms with E-state index in [4.69, 9.17) is 5.26 Å². The topological polar surface area (TPSA) is 84.3 Å². The molecule has 0 fully saturated rings. The number of ketones is 1. The van der Waals surface area contributed by atoms with Crippen LogP contribution in [0.5, 0.6) is 0 Å². The molecule has 0 amide bonds. The maximum Gasteiger partial charge on any atom is 0.279 e. The molecule has 6 nitrogen and oxygen atoms in total. The van der Waals surface area contributed by atoms with Gasteiger partial charge in [-0.3, -0.25) is 19.9 Å². The summed E-state index contributed by atoms with van der Waals surface area (Å²) < 4.78 is 1.31. The lowest BCUT2D eigenvalue weighted by atomic mass is 10.1. The first kappa shape index (κ1) is 19.3. The third-order valence-corrected chi connectivity index (χ3v) is 4.26. The fourth-order valence-electron chi connectivity index (χ4n) is 2.73. The molecule has 0 aliphatic heterocycles. The molecule has 0 aliphatic rings. The van der Waals surface area contributed by atoms with Crippen molar-refractivity contribution in [3.63, 3.8) is 0 Å². The Hall–Kier alpha value is -3.44. The minimum atomic E-state index is -0.346. The van der Waals surface area contributed by atoms with Gasteiger partial charge in [-0.05, 0) is 42.3 Å². The molecule has 28 heavy (non-hydrogen) atoms. The lowest BCUT2D eigenvalue weighted by Crippen LogP contribution is -2.15. The monoisotopic (exact) mass is 376 g/mol. The Morgan fingerprint density at radius 1 is 1.14 bits per heavy atom. The number of nitrogens with one attached hydrogen (secondary N) is 1. The summed E-state index contributed by atoms with van der Waals surface area (Å²) in [7, 11) is 0. The molecule has 0 unspecified atom stereocenters. The molecule has 1 heterocycles. The molecule has 1 aromatic heterocycles. The van der Waals surface area contributed by atoms with Crippen LogP contribution in [0.2, 0.25) is 0 Å². The number of rotatable bonds is 6. The Labute approximate surface area is 161 Å². The molecule has 2 aromatic carbocycles. The SMILES string of the molecule is CC(=O)c1[nH]n(-c2ccc(COO)cc2)c(=O)c1C=C=Cc1ccc(C)cc1. The molecular formula is C22H20N2O4. The molecule has 0 spiro atoms. The normalized spacial score (nSPS) is 10.4. The van der Waals surface area contributed by atoms with Crippen LogP contribution in [0.3, 0.4) is 0 Å². The smallest absolute Gasteiger partial charge is 0.279 e. The number of hydrogen-bond donors (Lipinski definition) is 2. The van der Waals surface area contributed by atoms with E-state index in [-0.39, 0.29) is 29.2 Å². The van der Waals surface area contributed by atoms with Crippen LogP contribution < -0.4 is 5.56 Å². The van der Waals surface area contributed by atoms with Crippen LogP contribution in [0, 0.1) is 6.92 Å². The predicted molar refractivity (Wildman–Crippen MR) is 107 cm³/mol. The van der Waals surface area contributed by atoms with Crippen molar-refractivity contribution in [1.82, 2.24) is 9.78 Å². The summed E-state index contributed by atoms with van der Waals surface area (Å²) in [5.74, 6) is -0.246. The van der Waals surface area contributed by atoms with E-state index in [1.165, 1.54) is 17.7 Å². The minimum Gasteiger partial charge on any atom is -0.293 e. The van der Waals surface area contributed by atoms with E-state index >= 15 is 0 Å². The van der Waals surface area contributed by atoms with Crippen LogP contribution in [0.1, 0.15) is 39.7 Å². The fourth-order valence-corrected chi connectivity index (χ4v) is 2.73. The Morgan fingerprint density at radius 3 is 2.43 bits per heavy atom. The Kier molecular flexibility index (Phi) is 5.87. The van der Waals surface area contributed by atoms with Crippen molar-refractivity contribution in [1.29, 1.82) is 0 Å². The number of benzene rings is 2. The lowest BCUT2D eigenvalue weighted by molar-refractivity contribution is -0.253. The van der Waals surface area contributed by atoms with E-state index in [0.29, 0.717) is 5.69 Å². The molecule has 2 N–H and O–H groups in total. The summed E-state index contributed by atoms with van der Waals surface area (Å²) in [5.41, 5.74) is 6.53. The molecule has 0 aliphatic carbocycles. The zero-order valence-electron chi connectivity index (χ0n) is 15.6. The van der Waals surface area contributed by atoms with Crippen LogP contribution in [0.4, 0.5) is 0 Å². The molecule has 3 rings (SSSR count). The van der Waals surface area contributed by atoms with Crippen molar-refractivity contribution in [3.8, 4) is 5.69 Å². The maximum absolute atomic E-state index is 12.8. The van der Waals surface area contributed by atoms with Crippen LogP contribution in [0.15, 0.2) is 59.1 Å². The molecular weight excluding hydrogens is 356 g/mol. The van der Waals surface area contributed by atoms with Gasteiger partial charge < -0.3 is 0 Å². The first-order valence-electron chi connectivity index (χ1n) is 8.70. The van der Waals surface area contributed by atoms with Crippen LogP contribution in [-0.4, -0.2) is 20.8 Å². The van der Waals surface area contributed by atoms with Gasteiger partial charge in [0.25, 0.3) is 5.56 Å². The summed E-state index contributed by atoms with van der Waals surface area (Å²) in [5, 5.41) is 11.4. The second kappa shape index (κ2) is 8.50. The highest BCUT2D eigenvalue weighted by molar-refractivity contribution is 5.95. The van der Waals surface area contributed by atoms with Gasteiger partial charge in [0, 0.05) is 6.92 Å². The second-order valence-corrected chi connectivity index (χ2v) is 6.40. The third-order valence-electron chi connectivity index (χ3n) is 4.26. The Bertz CT molecular complexity index is 1100. The third kappa shape index (κ3) is 4.27. The number of aromatic amines is 1. The largest absolute Gasteiger partial charge is 0.293 e. The molecule has 3 aromatic rings. The summed E-state index contributed by atoms with van der Waals surface area (Å²) in [6.45, 7) is 3.46. The van der Waals surface area contributed by atoms with Crippen molar-refractivity contribution in [2.75, 3.05) is 0 Å². The van der Waals surface area contributed by atoms with Crippen molar-refractivity contribution in [3.05, 3.63) is 92.6 Å². The number of carbonyl (C=O) groups excluding carboxylic acids is 1. The van der Waals surface area contributed by atoms with E-state index < -0.39 is 0 Å². The average Bonchev–Trinajstić information content (AvgIpc) is 3.01. The number of aromatic nitrogens is 2. The first-order valence-corrected chi connectivity index (χ1v) is 8.70. The molecule has 0 atom stereocenters. The van der Waals surface area contributed by atoms with E-state index in [1.54, 1.807) is 30.3 Å². The second-order valence-electron chi connectivity index (χ2n) is 6.40. The van der Waals surface area contributed by atoms with Gasteiger partial charge in [-0.2, -0.15) is 0 Å². The van der Waals surface area contributed by atoms with Gasteiger partial charge >= 0.3 is 0 Å². The molecule has 142 valence electrons. The number of hydrogen-bond acceptors (Lipinski definition) is 4. The van der Waals surface area contributed by atoms with E-state index in [1.807, 2.05) is 31.2 Å². The predicted octanol–water partition coefficient (Wildman–Crippen LogP) is 3.99. The minimum absolute atomic E-state index is 0.0520. The van der Waals surface area contributed by atoms with Gasteiger partial charge in [-0.25, -0.2) is 9.57 Å². The van der Waals surface area contributed by atoms with Crippen molar-refractivity contribution in [2.24, 2.45) is 0 Å². The fraction of sp³-hybridized carbons (Fsp3) is 0.136. The number of nitrogens with zero attached hydrogens (tertiary/aromatic N) is 1. The number of Topliss-reactive ketones (excluding diaryl/α,β-unsaturated/α-hetero) is 1. The van der Waals surface area contributed by atoms with Crippen LogP contribution in [-0.2, 0) is 11.5 Å². The Balaban J connectivity index is 1.99. The van der Waals surface area contributed by atoms with Gasteiger partial charge in [0.05, 0.1) is 11.3 Å². The maximum atomic E-state index is 12.8. The molecule has 0 saturated carbocycles. The quantitative estimate of drug-likeness (QED) is 0.295. The zero-order valence-corrected chi connectivity index (χ0v) is 15.6. The van der Waals surface area contributed by atoms with Gasteiger partial charge in [-0.1, -0.05) is 42.0 Å². The summed E-state index contributed by atoms with van der Waals surface area (Å²) in [6, 6.07) is 14.7. The van der Waals surface area contributed by atoms with E-state index in [9.17, 15) is 9.59 Å². The molecule has 0 bridgehead atoms. The Morgan fingerprint density at radius 2 is 1.82 bits per heavy atom. The summed E-state index contributed by atoms with van der Waals surface area (Å²) >= 11 is 0. The van der Waals surface area contributed by atoms with E-state index in [0.717, 1.165) is 16.7 Å². The lowest BCUT2D eigenvalue weighted by Gasteiger charge is -2.03. The zero-order chi connectivity index (χ0) is 20.1. The van der Waals surface area contributed by atoms with Gasteiger partial charge in [-0.15, -0.1) is 5.73 Å². The van der Waals surface area contributed by atoms with Gasteiger partial charge in [0.2, 0.25) is 0 Å². The number of carbonyl (C=O) groups is 1. The molecule has 6 heteroatoms. The highest BCUT2D eigenvalue weighted by atomic mass is 17.1. The summed E-state index contributed by atoms with van der Waals surface area (Å²) in [6.07, 6.45) is 3.27. The highest BCUT2D eigenvalue weighted by Crippen LogP contribution is 2.12. The molecule has 0 saturated heterocycles. The van der Waals surface area contributed by atoms with Crippen molar-refractivity contribution < 1.29 is 14.9 Å². The standard InChI is InChI=1S/C22H20N2O4/c1-15-6-8-17(9-7-15)4-3-5-20-21(16(2)25)23-24(22(20)26)19-12-10-18(11-13-19)14-28-27/h4-13,23,27H,14H2,1-2H3. The van der Waals surface area contributed by atoms with Crippen LogP contribution >= 0.6 is 0 Å². The van der Waals surface area contributed by atoms with E-state index in [2.05, 4.69) is 15.7 Å². The van der Waals surface area contributed by atoms with Crippen LogP contribution in [0.25, 0.3) is 17.8 Å². The molecule has 0 radical (unpaired) electrons. The van der Waals surface area contributed by atoms with Gasteiger partial charge in [0.15, 0.2) is 5.78 Å². The highest BCUT2D eigenvalue weighted by Gasteiger charge is 2.16. The number of aryl methyl sites for hydroxylation is 1. The first-order chi connectivity index (χ1) is 13.5. The average molecular weight is 376 g/mol. The number of H-pyrrole nitrogens is 1. The van der Waals surface area contributed by atoms with Crippen molar-refractivity contribution >= 4 is 17.9 Å². The van der Waals surface area contributed by atoms with Gasteiger partial charge in [0.1, 0.15) is 12.3 Å². The van der Waals surface area contributed by atoms with Crippen molar-refractivity contribution in [2.45, 2.75) is 20.5 Å².